The van der Waals surface area contributed by atoms with Crippen molar-refractivity contribution in [2.24, 2.45) is 0 Å². The van der Waals surface area contributed by atoms with Gasteiger partial charge in [-0.05, 0) is 39.8 Å². The fourth-order valence-corrected chi connectivity index (χ4v) is 5.12. The smallest absolute Gasteiger partial charge is 0.342 e. The van der Waals surface area contributed by atoms with Gasteiger partial charge in [-0.25, -0.2) is 9.88 Å². The molecule has 186 valence electrons. The van der Waals surface area contributed by atoms with E-state index < -0.39 is 49.3 Å². The largest absolute Gasteiger partial charge is 0.462 e. The number of carbonyl (C=O) groups excluding carboxylic acids is 1. The zero-order valence-electron chi connectivity index (χ0n) is 19.6. The predicted octanol–water partition coefficient (Wildman–Crippen LogP) is 1.96. The summed E-state index contributed by atoms with van der Waals surface area (Å²) in [5.41, 5.74) is -0.695. The normalized spacial score (nSPS) is 20.6. The number of ether oxygens (including phenoxy) is 3. The van der Waals surface area contributed by atoms with E-state index in [1.54, 1.807) is 51.1 Å². The zero-order chi connectivity index (χ0) is 24.9. The summed E-state index contributed by atoms with van der Waals surface area (Å²) in [7, 11) is -3.77. The summed E-state index contributed by atoms with van der Waals surface area (Å²) in [6.45, 7) is 6.86. The number of rotatable bonds is 10. The monoisotopic (exact) mass is 495 g/mol. The second-order valence-corrected chi connectivity index (χ2v) is 10.4. The first kappa shape index (κ1) is 25.9. The highest BCUT2D eigenvalue weighted by atomic mass is 31.2. The summed E-state index contributed by atoms with van der Waals surface area (Å²) < 4.78 is 37.4. The van der Waals surface area contributed by atoms with E-state index in [9.17, 15) is 18.9 Å². The standard InChI is InChI=1S/C22H30N3O8P/c1-14(2)32-21(27)16(4)24-34(29,33-17-8-6-5-7-9-17)13-31-19-12-30-11-18(19)25-10-15(3)20(26)23-22(25)28/h5-10,14,16,18-19H,11-13H2,1-4H3,(H,24,29)(H,23,26,28)/t16-,18?,19-,34?/m0/s1. The molecule has 1 aliphatic rings. The lowest BCUT2D eigenvalue weighted by Crippen LogP contribution is -2.39. The Bertz CT molecular complexity index is 1150. The molecule has 34 heavy (non-hydrogen) atoms. The first-order valence-electron chi connectivity index (χ1n) is 10.9. The highest BCUT2D eigenvalue weighted by Crippen LogP contribution is 2.44. The topological polar surface area (TPSA) is 138 Å². The number of carbonyl (C=O) groups is 1. The molecule has 1 saturated heterocycles. The third kappa shape index (κ3) is 6.66. The number of nitrogens with one attached hydrogen (secondary N) is 2. The number of esters is 1. The van der Waals surface area contributed by atoms with Crippen LogP contribution in [0.4, 0.5) is 0 Å². The molecule has 1 aromatic carbocycles. The van der Waals surface area contributed by atoms with Gasteiger partial charge in [0.05, 0.1) is 25.4 Å². The number of aromatic nitrogens is 2. The number of hydrogen-bond donors (Lipinski definition) is 2. The Morgan fingerprint density at radius 3 is 2.62 bits per heavy atom. The van der Waals surface area contributed by atoms with Crippen molar-refractivity contribution >= 4 is 13.5 Å². The number of benzene rings is 1. The van der Waals surface area contributed by atoms with Gasteiger partial charge < -0.3 is 18.7 Å². The Morgan fingerprint density at radius 2 is 1.94 bits per heavy atom. The third-order valence-corrected chi connectivity index (χ3v) is 6.83. The molecule has 1 fully saturated rings. The zero-order valence-corrected chi connectivity index (χ0v) is 20.4. The average Bonchev–Trinajstić information content (AvgIpc) is 3.23. The molecule has 3 rings (SSSR count). The molecule has 0 spiro atoms. The lowest BCUT2D eigenvalue weighted by Gasteiger charge is -2.26. The number of aryl methyl sites for hydroxylation is 1. The Kier molecular flexibility index (Phi) is 8.48. The maximum atomic E-state index is 13.7. The van der Waals surface area contributed by atoms with Gasteiger partial charge in [0.25, 0.3) is 5.56 Å². The highest BCUT2D eigenvalue weighted by molar-refractivity contribution is 7.57. The SMILES string of the molecule is Cc1cn(C2COC[C@@H]2OCP(=O)(N[C@@H](C)C(=O)OC(C)C)Oc2ccccc2)c(=O)[nH]c1=O. The van der Waals surface area contributed by atoms with E-state index in [-0.39, 0.29) is 19.3 Å². The lowest BCUT2D eigenvalue weighted by atomic mass is 10.2. The Morgan fingerprint density at radius 1 is 1.24 bits per heavy atom. The number of para-hydroxylation sites is 1. The summed E-state index contributed by atoms with van der Waals surface area (Å²) in [4.78, 5) is 38.6. The van der Waals surface area contributed by atoms with Crippen molar-refractivity contribution in [3.8, 4) is 5.75 Å². The first-order valence-corrected chi connectivity index (χ1v) is 12.7. The van der Waals surface area contributed by atoms with Crippen LogP contribution in [0.3, 0.4) is 0 Å². The molecule has 0 amide bonds. The minimum absolute atomic E-state index is 0.144. The Hall–Kier alpha value is -2.72. The van der Waals surface area contributed by atoms with E-state index in [1.807, 2.05) is 0 Å². The van der Waals surface area contributed by atoms with Crippen LogP contribution in [0.5, 0.6) is 5.75 Å². The van der Waals surface area contributed by atoms with Crippen LogP contribution in [-0.2, 0) is 23.6 Å². The van der Waals surface area contributed by atoms with E-state index in [0.29, 0.717) is 11.3 Å². The highest BCUT2D eigenvalue weighted by Gasteiger charge is 2.37. The number of hydrogen-bond acceptors (Lipinski definition) is 8. The molecule has 0 bridgehead atoms. The fraction of sp³-hybridized carbons (Fsp3) is 0.500. The molecule has 0 aliphatic carbocycles. The molecular weight excluding hydrogens is 465 g/mol. The van der Waals surface area contributed by atoms with Crippen LogP contribution in [0.2, 0.25) is 0 Å². The van der Waals surface area contributed by atoms with Gasteiger partial charge in [0.15, 0.2) is 0 Å². The van der Waals surface area contributed by atoms with E-state index >= 15 is 0 Å². The van der Waals surface area contributed by atoms with Crippen LogP contribution in [0.15, 0.2) is 46.1 Å². The summed E-state index contributed by atoms with van der Waals surface area (Å²) in [6, 6.07) is 7.03. The average molecular weight is 495 g/mol. The molecule has 12 heteroatoms. The Labute approximate surface area is 196 Å². The minimum Gasteiger partial charge on any atom is -0.462 e. The third-order valence-electron chi connectivity index (χ3n) is 5.05. The van der Waals surface area contributed by atoms with Crippen molar-refractivity contribution < 1.29 is 28.1 Å². The van der Waals surface area contributed by atoms with Crippen molar-refractivity contribution in [2.45, 2.75) is 52.0 Å². The maximum Gasteiger partial charge on any atom is 0.342 e. The number of H-pyrrole nitrogens is 1. The van der Waals surface area contributed by atoms with Crippen molar-refractivity contribution in [3.63, 3.8) is 0 Å². The molecule has 4 atom stereocenters. The van der Waals surface area contributed by atoms with Crippen LogP contribution in [0, 0.1) is 6.92 Å². The van der Waals surface area contributed by atoms with Crippen LogP contribution in [0.1, 0.15) is 32.4 Å². The molecule has 2 unspecified atom stereocenters. The molecular formula is C22H30N3O8P. The van der Waals surface area contributed by atoms with E-state index in [2.05, 4.69) is 10.1 Å². The van der Waals surface area contributed by atoms with E-state index in [4.69, 9.17) is 18.7 Å². The summed E-state index contributed by atoms with van der Waals surface area (Å²) in [5.74, 6) is -0.248. The van der Waals surface area contributed by atoms with Crippen LogP contribution in [0.25, 0.3) is 0 Å². The summed E-state index contributed by atoms with van der Waals surface area (Å²) in [6.07, 6.45) is 0.0652. The fourth-order valence-electron chi connectivity index (χ4n) is 3.39. The molecule has 11 nitrogen and oxygen atoms in total. The predicted molar refractivity (Wildman–Crippen MR) is 124 cm³/mol. The molecule has 0 saturated carbocycles. The number of nitrogens with zero attached hydrogens (tertiary/aromatic N) is 1. The minimum atomic E-state index is -3.77. The van der Waals surface area contributed by atoms with Crippen LogP contribution >= 0.6 is 7.52 Å². The molecule has 0 radical (unpaired) electrons. The van der Waals surface area contributed by atoms with Crippen molar-refractivity contribution in [1.82, 2.24) is 14.6 Å². The van der Waals surface area contributed by atoms with Gasteiger partial charge in [0.1, 0.15) is 24.2 Å². The molecule has 2 aromatic rings. The van der Waals surface area contributed by atoms with Crippen molar-refractivity contribution in [2.75, 3.05) is 19.6 Å². The van der Waals surface area contributed by atoms with Gasteiger partial charge in [-0.3, -0.25) is 23.7 Å². The van der Waals surface area contributed by atoms with E-state index in [0.717, 1.165) is 0 Å². The molecule has 2 heterocycles. The van der Waals surface area contributed by atoms with Gasteiger partial charge in [0, 0.05) is 11.8 Å². The van der Waals surface area contributed by atoms with E-state index in [1.165, 1.54) is 17.7 Å². The maximum absolute atomic E-state index is 13.7. The van der Waals surface area contributed by atoms with Gasteiger partial charge in [-0.1, -0.05) is 18.2 Å². The van der Waals surface area contributed by atoms with Crippen molar-refractivity contribution in [3.05, 3.63) is 62.9 Å². The first-order chi connectivity index (χ1) is 16.1. The van der Waals surface area contributed by atoms with Gasteiger partial charge >= 0.3 is 19.2 Å². The molecule has 1 aromatic heterocycles. The number of aromatic amines is 1. The van der Waals surface area contributed by atoms with Crippen LogP contribution < -0.4 is 20.9 Å². The van der Waals surface area contributed by atoms with Gasteiger partial charge in [-0.15, -0.1) is 0 Å². The van der Waals surface area contributed by atoms with Crippen LogP contribution in [-0.4, -0.2) is 53.3 Å². The summed E-state index contributed by atoms with van der Waals surface area (Å²) >= 11 is 0. The van der Waals surface area contributed by atoms with Crippen molar-refractivity contribution in [1.29, 1.82) is 0 Å². The summed E-state index contributed by atoms with van der Waals surface area (Å²) in [5, 5.41) is 2.73. The molecule has 1 aliphatic heterocycles. The quantitative estimate of drug-likeness (QED) is 0.374. The lowest BCUT2D eigenvalue weighted by molar-refractivity contribution is -0.149. The van der Waals surface area contributed by atoms with Gasteiger partial charge in [0.2, 0.25) is 0 Å². The molecule has 2 N–H and O–H groups in total. The second-order valence-electron chi connectivity index (χ2n) is 8.33. The van der Waals surface area contributed by atoms with Gasteiger partial charge in [-0.2, -0.15) is 0 Å². The Balaban J connectivity index is 1.78. The second kappa shape index (κ2) is 11.1.